The van der Waals surface area contributed by atoms with Gasteiger partial charge in [0.25, 0.3) is 0 Å². The van der Waals surface area contributed by atoms with Crippen LogP contribution < -0.4 is 5.73 Å². The van der Waals surface area contributed by atoms with E-state index in [1.165, 1.54) is 0 Å². The fourth-order valence-corrected chi connectivity index (χ4v) is 1.58. The smallest absolute Gasteiger partial charge is 0.340 e. The molecule has 0 atom stereocenters. The Labute approximate surface area is 108 Å². The third kappa shape index (κ3) is 4.37. The Morgan fingerprint density at radius 3 is 2.72 bits per heavy atom. The Bertz CT molecular complexity index is 370. The molecule has 0 aliphatic rings. The highest BCUT2D eigenvalue weighted by Crippen LogP contribution is 2.17. The first-order chi connectivity index (χ1) is 8.66. The van der Waals surface area contributed by atoms with Crippen molar-refractivity contribution in [1.82, 2.24) is 0 Å². The van der Waals surface area contributed by atoms with Crippen molar-refractivity contribution in [2.24, 2.45) is 0 Å². The number of carbonyl (C=O) groups is 1. The summed E-state index contributed by atoms with van der Waals surface area (Å²) < 4.78 is 10.4. The maximum Gasteiger partial charge on any atom is 0.340 e. The Hall–Kier alpha value is -1.55. The lowest BCUT2D eigenvalue weighted by Gasteiger charge is -2.09. The predicted octanol–water partition coefficient (Wildman–Crippen LogP) is 2.55. The minimum absolute atomic E-state index is 0.260. The number of carbonyl (C=O) groups excluding carboxylic acids is 1. The molecule has 1 aromatic carbocycles. The molecule has 1 aromatic rings. The summed E-state index contributed by atoms with van der Waals surface area (Å²) in [6, 6.07) is 5.35. The second kappa shape index (κ2) is 7.71. The normalized spacial score (nSPS) is 10.3. The molecule has 100 valence electrons. The number of rotatable bonds is 7. The van der Waals surface area contributed by atoms with Crippen molar-refractivity contribution in [2.45, 2.75) is 26.7 Å². The van der Waals surface area contributed by atoms with Crippen molar-refractivity contribution in [1.29, 1.82) is 0 Å². The summed E-state index contributed by atoms with van der Waals surface area (Å²) in [5.41, 5.74) is 7.49. The molecule has 0 amide bonds. The van der Waals surface area contributed by atoms with Gasteiger partial charge in [-0.1, -0.05) is 25.5 Å². The van der Waals surface area contributed by atoms with Crippen molar-refractivity contribution in [2.75, 3.05) is 25.6 Å². The van der Waals surface area contributed by atoms with E-state index in [9.17, 15) is 4.79 Å². The summed E-state index contributed by atoms with van der Waals surface area (Å²) in [6.07, 6.45) is 2.12. The SMILES string of the molecule is CCCCOCCOC(=O)c1c(C)cccc1N. The zero-order valence-electron chi connectivity index (χ0n) is 11.1. The quantitative estimate of drug-likeness (QED) is 0.459. The highest BCUT2D eigenvalue weighted by molar-refractivity contribution is 5.96. The van der Waals surface area contributed by atoms with E-state index in [0.29, 0.717) is 24.5 Å². The molecule has 0 heterocycles. The Morgan fingerprint density at radius 1 is 1.28 bits per heavy atom. The molecule has 0 aromatic heterocycles. The van der Waals surface area contributed by atoms with Gasteiger partial charge < -0.3 is 15.2 Å². The number of esters is 1. The van der Waals surface area contributed by atoms with Gasteiger partial charge in [0.2, 0.25) is 0 Å². The van der Waals surface area contributed by atoms with Crippen LogP contribution in [0.15, 0.2) is 18.2 Å². The number of unbranched alkanes of at least 4 members (excludes halogenated alkanes) is 1. The first kappa shape index (κ1) is 14.5. The molecule has 18 heavy (non-hydrogen) atoms. The predicted molar refractivity (Wildman–Crippen MR) is 71.6 cm³/mol. The topological polar surface area (TPSA) is 61.5 Å². The minimum atomic E-state index is -0.385. The molecule has 4 nitrogen and oxygen atoms in total. The molecule has 0 aliphatic heterocycles. The average molecular weight is 251 g/mol. The summed E-state index contributed by atoms with van der Waals surface area (Å²) in [5, 5.41) is 0. The van der Waals surface area contributed by atoms with Gasteiger partial charge in [-0.25, -0.2) is 4.79 Å². The molecule has 4 heteroatoms. The number of nitrogens with two attached hydrogens (primary N) is 1. The largest absolute Gasteiger partial charge is 0.460 e. The number of hydrogen-bond donors (Lipinski definition) is 1. The van der Waals surface area contributed by atoms with E-state index in [4.69, 9.17) is 15.2 Å². The molecule has 0 aliphatic carbocycles. The number of nitrogen functional groups attached to an aromatic ring is 1. The highest BCUT2D eigenvalue weighted by atomic mass is 16.6. The van der Waals surface area contributed by atoms with Crippen molar-refractivity contribution >= 4 is 11.7 Å². The zero-order chi connectivity index (χ0) is 13.4. The van der Waals surface area contributed by atoms with Crippen LogP contribution in [0.5, 0.6) is 0 Å². The highest BCUT2D eigenvalue weighted by Gasteiger charge is 2.13. The third-order valence-corrected chi connectivity index (χ3v) is 2.61. The number of ether oxygens (including phenoxy) is 2. The van der Waals surface area contributed by atoms with Crippen molar-refractivity contribution in [3.63, 3.8) is 0 Å². The number of benzene rings is 1. The molecule has 0 radical (unpaired) electrons. The molecule has 0 spiro atoms. The van der Waals surface area contributed by atoms with Gasteiger partial charge in [0.1, 0.15) is 6.61 Å². The van der Waals surface area contributed by atoms with Crippen molar-refractivity contribution in [3.05, 3.63) is 29.3 Å². The summed E-state index contributed by atoms with van der Waals surface area (Å²) in [6.45, 7) is 5.34. The second-order valence-corrected chi connectivity index (χ2v) is 4.14. The fourth-order valence-electron chi connectivity index (χ4n) is 1.58. The van der Waals surface area contributed by atoms with Crippen LogP contribution >= 0.6 is 0 Å². The molecule has 0 fully saturated rings. The van der Waals surface area contributed by atoms with Gasteiger partial charge in [-0.15, -0.1) is 0 Å². The van der Waals surface area contributed by atoms with Gasteiger partial charge in [-0.05, 0) is 25.0 Å². The molecule has 0 saturated heterocycles. The molecular weight excluding hydrogens is 230 g/mol. The van der Waals surface area contributed by atoms with E-state index >= 15 is 0 Å². The van der Waals surface area contributed by atoms with E-state index in [1.54, 1.807) is 6.07 Å². The molecule has 2 N–H and O–H groups in total. The van der Waals surface area contributed by atoms with Crippen LogP contribution in [0.4, 0.5) is 5.69 Å². The summed E-state index contributed by atoms with van der Waals surface area (Å²) in [4.78, 5) is 11.8. The molecular formula is C14H21NO3. The molecule has 0 bridgehead atoms. The van der Waals surface area contributed by atoms with Crippen molar-refractivity contribution in [3.8, 4) is 0 Å². The molecule has 0 saturated carbocycles. The van der Waals surface area contributed by atoms with E-state index in [-0.39, 0.29) is 12.6 Å². The van der Waals surface area contributed by atoms with Crippen LogP contribution in [0.1, 0.15) is 35.7 Å². The maximum atomic E-state index is 11.8. The fraction of sp³-hybridized carbons (Fsp3) is 0.500. The maximum absolute atomic E-state index is 11.8. The van der Waals surface area contributed by atoms with Crippen LogP contribution in [-0.4, -0.2) is 25.8 Å². The third-order valence-electron chi connectivity index (χ3n) is 2.61. The van der Waals surface area contributed by atoms with E-state index in [0.717, 1.165) is 18.4 Å². The zero-order valence-corrected chi connectivity index (χ0v) is 11.1. The van der Waals surface area contributed by atoms with Crippen LogP contribution in [-0.2, 0) is 9.47 Å². The lowest BCUT2D eigenvalue weighted by Crippen LogP contribution is -2.14. The number of hydrogen-bond acceptors (Lipinski definition) is 4. The summed E-state index contributed by atoms with van der Waals surface area (Å²) in [5.74, 6) is -0.385. The Kier molecular flexibility index (Phi) is 6.22. The van der Waals surface area contributed by atoms with Crippen LogP contribution in [0.2, 0.25) is 0 Å². The van der Waals surface area contributed by atoms with Gasteiger partial charge in [-0.3, -0.25) is 0 Å². The van der Waals surface area contributed by atoms with Gasteiger partial charge in [0.15, 0.2) is 0 Å². The average Bonchev–Trinajstić information content (AvgIpc) is 2.33. The molecule has 0 unspecified atom stereocenters. The van der Waals surface area contributed by atoms with Crippen molar-refractivity contribution < 1.29 is 14.3 Å². The second-order valence-electron chi connectivity index (χ2n) is 4.14. The Balaban J connectivity index is 2.37. The van der Waals surface area contributed by atoms with E-state index < -0.39 is 0 Å². The number of aryl methyl sites for hydroxylation is 1. The molecule has 1 rings (SSSR count). The lowest BCUT2D eigenvalue weighted by atomic mass is 10.1. The first-order valence-corrected chi connectivity index (χ1v) is 6.26. The van der Waals surface area contributed by atoms with Crippen LogP contribution in [0.25, 0.3) is 0 Å². The van der Waals surface area contributed by atoms with Gasteiger partial charge >= 0.3 is 5.97 Å². The standard InChI is InChI=1S/C14H21NO3/c1-3-4-8-17-9-10-18-14(16)13-11(2)6-5-7-12(13)15/h5-7H,3-4,8-10,15H2,1-2H3. The van der Waals surface area contributed by atoms with E-state index in [1.807, 2.05) is 19.1 Å². The number of anilines is 1. The van der Waals surface area contributed by atoms with Gasteiger partial charge in [0.05, 0.1) is 12.2 Å². The monoisotopic (exact) mass is 251 g/mol. The van der Waals surface area contributed by atoms with E-state index in [2.05, 4.69) is 6.92 Å². The summed E-state index contributed by atoms with van der Waals surface area (Å²) in [7, 11) is 0. The van der Waals surface area contributed by atoms with Crippen LogP contribution in [0.3, 0.4) is 0 Å². The van der Waals surface area contributed by atoms with Crippen LogP contribution in [0, 0.1) is 6.92 Å². The lowest BCUT2D eigenvalue weighted by molar-refractivity contribution is 0.0314. The van der Waals surface area contributed by atoms with Gasteiger partial charge in [-0.2, -0.15) is 0 Å². The summed E-state index contributed by atoms with van der Waals surface area (Å²) >= 11 is 0. The van der Waals surface area contributed by atoms with Gasteiger partial charge in [0, 0.05) is 12.3 Å². The Morgan fingerprint density at radius 2 is 2.06 bits per heavy atom. The first-order valence-electron chi connectivity index (χ1n) is 6.26. The minimum Gasteiger partial charge on any atom is -0.460 e.